The van der Waals surface area contributed by atoms with Crippen LogP contribution in [-0.2, 0) is 11.0 Å². The fraction of sp³-hybridized carbons (Fsp3) is 0.562. The van der Waals surface area contributed by atoms with Crippen LogP contribution >= 0.6 is 12.4 Å². The molecule has 1 aliphatic heterocycles. The number of amides is 1. The molecule has 0 bridgehead atoms. The predicted octanol–water partition coefficient (Wildman–Crippen LogP) is 3.10. The SMILES string of the molecule is Cl.O=C(NC1CCCNC1)C1CC1c1cccc(C(F)(F)F)c1. The molecule has 2 aliphatic rings. The molecule has 2 fully saturated rings. The van der Waals surface area contributed by atoms with Gasteiger partial charge in [-0.3, -0.25) is 4.79 Å². The van der Waals surface area contributed by atoms with E-state index >= 15 is 0 Å². The van der Waals surface area contributed by atoms with Gasteiger partial charge in [0.05, 0.1) is 5.56 Å². The largest absolute Gasteiger partial charge is 0.416 e. The number of carbonyl (C=O) groups excluding carboxylic acids is 1. The van der Waals surface area contributed by atoms with Crippen molar-refractivity contribution in [3.8, 4) is 0 Å². The monoisotopic (exact) mass is 348 g/mol. The first-order valence-corrected chi connectivity index (χ1v) is 7.63. The number of carbonyl (C=O) groups is 1. The summed E-state index contributed by atoms with van der Waals surface area (Å²) in [7, 11) is 0. The van der Waals surface area contributed by atoms with E-state index in [1.807, 2.05) is 0 Å². The van der Waals surface area contributed by atoms with E-state index in [1.165, 1.54) is 12.1 Å². The molecule has 1 aliphatic carbocycles. The van der Waals surface area contributed by atoms with Gasteiger partial charge in [0.15, 0.2) is 0 Å². The average Bonchev–Trinajstić information content (AvgIpc) is 3.28. The Morgan fingerprint density at radius 3 is 2.74 bits per heavy atom. The van der Waals surface area contributed by atoms with Crippen molar-refractivity contribution >= 4 is 18.3 Å². The minimum Gasteiger partial charge on any atom is -0.352 e. The van der Waals surface area contributed by atoms with Gasteiger partial charge in [0.2, 0.25) is 5.91 Å². The van der Waals surface area contributed by atoms with E-state index < -0.39 is 11.7 Å². The highest BCUT2D eigenvalue weighted by Gasteiger charge is 2.45. The van der Waals surface area contributed by atoms with Gasteiger partial charge in [0.25, 0.3) is 0 Å². The van der Waals surface area contributed by atoms with Gasteiger partial charge < -0.3 is 10.6 Å². The molecular formula is C16H20ClF3N2O. The zero-order valence-electron chi connectivity index (χ0n) is 12.5. The van der Waals surface area contributed by atoms with Crippen LogP contribution in [0, 0.1) is 5.92 Å². The average molecular weight is 349 g/mol. The number of nitrogens with one attached hydrogen (secondary N) is 2. The van der Waals surface area contributed by atoms with Crippen molar-refractivity contribution < 1.29 is 18.0 Å². The van der Waals surface area contributed by atoms with Gasteiger partial charge in [-0.2, -0.15) is 13.2 Å². The summed E-state index contributed by atoms with van der Waals surface area (Å²) >= 11 is 0. The normalized spacial score (nSPS) is 27.0. The molecule has 0 radical (unpaired) electrons. The molecule has 23 heavy (non-hydrogen) atoms. The van der Waals surface area contributed by atoms with Crippen molar-refractivity contribution in [1.82, 2.24) is 10.6 Å². The number of halogens is 4. The van der Waals surface area contributed by atoms with Crippen molar-refractivity contribution in [1.29, 1.82) is 0 Å². The lowest BCUT2D eigenvalue weighted by Crippen LogP contribution is -2.46. The van der Waals surface area contributed by atoms with Crippen LogP contribution in [-0.4, -0.2) is 25.0 Å². The van der Waals surface area contributed by atoms with Crippen molar-refractivity contribution in [3.63, 3.8) is 0 Å². The van der Waals surface area contributed by atoms with Gasteiger partial charge in [-0.15, -0.1) is 12.4 Å². The van der Waals surface area contributed by atoms with E-state index in [9.17, 15) is 18.0 Å². The molecule has 1 heterocycles. The highest BCUT2D eigenvalue weighted by atomic mass is 35.5. The van der Waals surface area contributed by atoms with Crippen LogP contribution in [0.2, 0.25) is 0 Å². The second-order valence-corrected chi connectivity index (χ2v) is 6.12. The number of benzene rings is 1. The third-order valence-corrected chi connectivity index (χ3v) is 4.41. The molecule has 3 rings (SSSR count). The molecule has 3 unspecified atom stereocenters. The lowest BCUT2D eigenvalue weighted by atomic mass is 10.0. The zero-order valence-corrected chi connectivity index (χ0v) is 13.3. The van der Waals surface area contributed by atoms with Crippen molar-refractivity contribution in [2.45, 2.75) is 37.4 Å². The second-order valence-electron chi connectivity index (χ2n) is 6.12. The number of alkyl halides is 3. The van der Waals surface area contributed by atoms with E-state index in [2.05, 4.69) is 10.6 Å². The van der Waals surface area contributed by atoms with E-state index in [4.69, 9.17) is 0 Å². The van der Waals surface area contributed by atoms with Gasteiger partial charge in [0.1, 0.15) is 0 Å². The summed E-state index contributed by atoms with van der Waals surface area (Å²) in [6, 6.07) is 5.46. The Kier molecular flexibility index (Phi) is 5.57. The minimum absolute atomic E-state index is 0. The summed E-state index contributed by atoms with van der Waals surface area (Å²) in [5.41, 5.74) is -0.0377. The van der Waals surface area contributed by atoms with Crippen LogP contribution in [0.4, 0.5) is 13.2 Å². The van der Waals surface area contributed by atoms with E-state index in [0.29, 0.717) is 12.0 Å². The Balaban J connectivity index is 0.00000192. The highest BCUT2D eigenvalue weighted by Crippen LogP contribution is 2.48. The number of piperidine rings is 1. The summed E-state index contributed by atoms with van der Waals surface area (Å²) in [5, 5.41) is 6.23. The smallest absolute Gasteiger partial charge is 0.352 e. The van der Waals surface area contributed by atoms with Crippen LogP contribution in [0.25, 0.3) is 0 Å². The quantitative estimate of drug-likeness (QED) is 0.881. The van der Waals surface area contributed by atoms with E-state index in [0.717, 1.165) is 32.0 Å². The Bertz CT molecular complexity index is 559. The van der Waals surface area contributed by atoms with Crippen LogP contribution in [0.1, 0.15) is 36.3 Å². The first-order valence-electron chi connectivity index (χ1n) is 7.63. The molecule has 1 aromatic rings. The maximum atomic E-state index is 12.7. The molecule has 1 saturated heterocycles. The molecule has 3 nitrogen and oxygen atoms in total. The zero-order chi connectivity index (χ0) is 15.7. The molecule has 0 aromatic heterocycles. The van der Waals surface area contributed by atoms with E-state index in [1.54, 1.807) is 6.07 Å². The molecule has 1 saturated carbocycles. The molecule has 1 amide bonds. The first kappa shape index (κ1) is 18.1. The van der Waals surface area contributed by atoms with Crippen molar-refractivity contribution in [2.24, 2.45) is 5.92 Å². The maximum Gasteiger partial charge on any atom is 0.416 e. The summed E-state index contributed by atoms with van der Waals surface area (Å²) in [6.07, 6.45) is -1.71. The van der Waals surface area contributed by atoms with Crippen LogP contribution < -0.4 is 10.6 Å². The number of hydrogen-bond acceptors (Lipinski definition) is 2. The number of hydrogen-bond donors (Lipinski definition) is 2. The van der Waals surface area contributed by atoms with E-state index in [-0.39, 0.29) is 36.2 Å². The first-order chi connectivity index (χ1) is 10.4. The van der Waals surface area contributed by atoms with Gasteiger partial charge in [-0.25, -0.2) is 0 Å². The van der Waals surface area contributed by atoms with Crippen LogP contribution in [0.15, 0.2) is 24.3 Å². The Morgan fingerprint density at radius 2 is 2.09 bits per heavy atom. The van der Waals surface area contributed by atoms with Crippen LogP contribution in [0.5, 0.6) is 0 Å². The molecule has 128 valence electrons. The molecule has 3 atom stereocenters. The fourth-order valence-electron chi connectivity index (χ4n) is 3.08. The molecule has 7 heteroatoms. The van der Waals surface area contributed by atoms with Crippen LogP contribution in [0.3, 0.4) is 0 Å². The fourth-order valence-corrected chi connectivity index (χ4v) is 3.08. The second kappa shape index (κ2) is 7.09. The lowest BCUT2D eigenvalue weighted by molar-refractivity contribution is -0.137. The number of rotatable bonds is 3. The Hall–Kier alpha value is -1.27. The molecule has 2 N–H and O–H groups in total. The predicted molar refractivity (Wildman–Crippen MR) is 83.6 cm³/mol. The maximum absolute atomic E-state index is 12.7. The summed E-state index contributed by atoms with van der Waals surface area (Å²) in [6.45, 7) is 1.75. The lowest BCUT2D eigenvalue weighted by Gasteiger charge is -2.23. The third-order valence-electron chi connectivity index (χ3n) is 4.41. The van der Waals surface area contributed by atoms with Gasteiger partial charge in [0, 0.05) is 18.5 Å². The summed E-state index contributed by atoms with van der Waals surface area (Å²) < 4.78 is 38.2. The molecular weight excluding hydrogens is 329 g/mol. The van der Waals surface area contributed by atoms with Gasteiger partial charge in [-0.1, -0.05) is 18.2 Å². The summed E-state index contributed by atoms with van der Waals surface area (Å²) in [4.78, 5) is 12.2. The standard InChI is InChI=1S/C16H19F3N2O.ClH/c17-16(18,19)11-4-1-3-10(7-11)13-8-14(13)15(22)21-12-5-2-6-20-9-12;/h1,3-4,7,12-14,20H,2,5-6,8-9H2,(H,21,22);1H. The topological polar surface area (TPSA) is 41.1 Å². The Morgan fingerprint density at radius 1 is 1.30 bits per heavy atom. The summed E-state index contributed by atoms with van der Waals surface area (Å²) in [5.74, 6) is -0.305. The van der Waals surface area contributed by atoms with Gasteiger partial charge >= 0.3 is 6.18 Å². The highest BCUT2D eigenvalue weighted by molar-refractivity contribution is 5.85. The molecule has 1 aromatic carbocycles. The van der Waals surface area contributed by atoms with Gasteiger partial charge in [-0.05, 0) is 43.4 Å². The van der Waals surface area contributed by atoms with Crippen molar-refractivity contribution in [3.05, 3.63) is 35.4 Å². The Labute approximate surface area is 139 Å². The molecule has 0 spiro atoms. The van der Waals surface area contributed by atoms with Crippen molar-refractivity contribution in [2.75, 3.05) is 13.1 Å². The minimum atomic E-state index is -4.34. The third kappa shape index (κ3) is 4.38.